The van der Waals surface area contributed by atoms with Crippen molar-refractivity contribution in [2.75, 3.05) is 12.3 Å². The van der Waals surface area contributed by atoms with E-state index in [0.717, 1.165) is 33.5 Å². The molecule has 3 rings (SSSR count). The van der Waals surface area contributed by atoms with Crippen molar-refractivity contribution < 1.29 is 4.79 Å². The van der Waals surface area contributed by atoms with E-state index in [-0.39, 0.29) is 5.91 Å². The fourth-order valence-electron chi connectivity index (χ4n) is 2.39. The first-order valence-corrected chi connectivity index (χ1v) is 11.0. The van der Waals surface area contributed by atoms with Crippen LogP contribution in [0.25, 0.3) is 0 Å². The Balaban J connectivity index is 1.47. The van der Waals surface area contributed by atoms with Crippen molar-refractivity contribution in [2.45, 2.75) is 19.1 Å². The number of thiophene rings is 1. The van der Waals surface area contributed by atoms with Gasteiger partial charge in [-0.25, -0.2) is 4.98 Å². The maximum absolute atomic E-state index is 12.4. The maximum Gasteiger partial charge on any atom is 0.263 e. The van der Waals surface area contributed by atoms with E-state index in [0.29, 0.717) is 6.54 Å². The fourth-order valence-corrected chi connectivity index (χ4v) is 5.11. The first-order valence-electron chi connectivity index (χ1n) is 8.11. The van der Waals surface area contributed by atoms with Gasteiger partial charge in [-0.3, -0.25) is 4.79 Å². The highest BCUT2D eigenvalue weighted by Gasteiger charge is 2.15. The van der Waals surface area contributed by atoms with Crippen molar-refractivity contribution in [1.29, 1.82) is 0 Å². The Bertz CT molecular complexity index is 797. The first kappa shape index (κ1) is 18.2. The van der Waals surface area contributed by atoms with Crippen molar-refractivity contribution in [2.24, 2.45) is 0 Å². The van der Waals surface area contributed by atoms with E-state index >= 15 is 0 Å². The molecule has 1 amide bonds. The molecule has 0 aliphatic carbocycles. The summed E-state index contributed by atoms with van der Waals surface area (Å²) in [5.41, 5.74) is 2.04. The summed E-state index contributed by atoms with van der Waals surface area (Å²) in [6.07, 6.45) is 0.774. The molecule has 0 unspecified atom stereocenters. The smallest absolute Gasteiger partial charge is 0.263 e. The van der Waals surface area contributed by atoms with Gasteiger partial charge in [0.25, 0.3) is 5.91 Å². The second kappa shape index (κ2) is 9.17. The predicted molar refractivity (Wildman–Crippen MR) is 109 cm³/mol. The monoisotopic (exact) mass is 388 g/mol. The van der Waals surface area contributed by atoms with Crippen LogP contribution in [0, 0.1) is 6.92 Å². The maximum atomic E-state index is 12.4. The second-order valence-electron chi connectivity index (χ2n) is 5.57. The number of rotatable bonds is 8. The lowest BCUT2D eigenvalue weighted by atomic mass is 10.2. The first-order chi connectivity index (χ1) is 12.2. The molecule has 2 heterocycles. The van der Waals surface area contributed by atoms with Gasteiger partial charge in [0.1, 0.15) is 4.88 Å². The van der Waals surface area contributed by atoms with Crippen LogP contribution in [0.2, 0.25) is 0 Å². The molecule has 0 aliphatic rings. The number of hydrogen-bond acceptors (Lipinski definition) is 5. The zero-order chi connectivity index (χ0) is 17.5. The molecule has 3 nitrogen and oxygen atoms in total. The summed E-state index contributed by atoms with van der Waals surface area (Å²) in [7, 11) is 0. The van der Waals surface area contributed by atoms with Crippen LogP contribution in [0.4, 0.5) is 0 Å². The Hall–Kier alpha value is -1.63. The van der Waals surface area contributed by atoms with Gasteiger partial charge in [-0.15, -0.1) is 22.7 Å². The van der Waals surface area contributed by atoms with E-state index in [9.17, 15) is 4.79 Å². The van der Waals surface area contributed by atoms with Crippen LogP contribution in [0.5, 0.6) is 0 Å². The lowest BCUT2D eigenvalue weighted by Crippen LogP contribution is -2.25. The summed E-state index contributed by atoms with van der Waals surface area (Å²) in [5.74, 6) is 1.92. The Morgan fingerprint density at radius 2 is 2.04 bits per heavy atom. The number of nitrogens with one attached hydrogen (secondary N) is 1. The summed E-state index contributed by atoms with van der Waals surface area (Å²) in [4.78, 5) is 19.0. The molecular formula is C19H20N2OS3. The average Bonchev–Trinajstić information content (AvgIpc) is 3.25. The number of benzene rings is 1. The molecule has 0 spiro atoms. The van der Waals surface area contributed by atoms with Gasteiger partial charge in [0, 0.05) is 29.3 Å². The Morgan fingerprint density at radius 3 is 2.80 bits per heavy atom. The summed E-state index contributed by atoms with van der Waals surface area (Å²) in [5, 5.41) is 6.09. The topological polar surface area (TPSA) is 42.0 Å². The van der Waals surface area contributed by atoms with E-state index in [1.165, 1.54) is 21.8 Å². The van der Waals surface area contributed by atoms with Gasteiger partial charge in [-0.05, 0) is 23.9 Å². The van der Waals surface area contributed by atoms with Crippen molar-refractivity contribution in [3.05, 3.63) is 73.9 Å². The van der Waals surface area contributed by atoms with Gasteiger partial charge < -0.3 is 5.32 Å². The highest BCUT2D eigenvalue weighted by atomic mass is 32.2. The minimum Gasteiger partial charge on any atom is -0.350 e. The molecule has 2 aromatic heterocycles. The molecule has 3 aromatic rings. The molecule has 130 valence electrons. The number of carbonyl (C=O) groups excluding carboxylic acids is 1. The van der Waals surface area contributed by atoms with E-state index in [1.807, 2.05) is 36.9 Å². The van der Waals surface area contributed by atoms with Crippen molar-refractivity contribution in [3.8, 4) is 0 Å². The van der Waals surface area contributed by atoms with Crippen LogP contribution in [0.1, 0.15) is 30.8 Å². The number of aryl methyl sites for hydroxylation is 1. The van der Waals surface area contributed by atoms with Gasteiger partial charge in [-0.1, -0.05) is 36.4 Å². The molecule has 25 heavy (non-hydrogen) atoms. The summed E-state index contributed by atoms with van der Waals surface area (Å²) in [6.45, 7) is 2.59. The highest BCUT2D eigenvalue weighted by Crippen LogP contribution is 2.21. The zero-order valence-electron chi connectivity index (χ0n) is 14.0. The number of thiazole rings is 1. The minimum absolute atomic E-state index is 0.00830. The number of thioether (sulfide) groups is 1. The molecule has 0 radical (unpaired) electrons. The molecule has 0 aliphatic heterocycles. The molecule has 6 heteroatoms. The van der Waals surface area contributed by atoms with Gasteiger partial charge in [0.15, 0.2) is 0 Å². The zero-order valence-corrected chi connectivity index (χ0v) is 16.5. The third kappa shape index (κ3) is 5.42. The number of aromatic nitrogens is 1. The second-order valence-corrected chi connectivity index (χ2v) is 8.79. The standard InChI is InChI=1S/C19H20N2OS3/c1-14-18(25-17(21-14)12-15-6-3-2-4-7-15)19(22)20-9-11-23-13-16-8-5-10-24-16/h2-8,10H,9,11-13H2,1H3,(H,20,22). The molecule has 0 fully saturated rings. The number of carbonyl (C=O) groups is 1. The highest BCUT2D eigenvalue weighted by molar-refractivity contribution is 7.98. The lowest BCUT2D eigenvalue weighted by molar-refractivity contribution is 0.0959. The normalized spacial score (nSPS) is 10.8. The van der Waals surface area contributed by atoms with Crippen molar-refractivity contribution in [3.63, 3.8) is 0 Å². The summed E-state index contributed by atoms with van der Waals surface area (Å²) in [6, 6.07) is 14.4. The van der Waals surface area contributed by atoms with Crippen molar-refractivity contribution >= 4 is 40.3 Å². The SMILES string of the molecule is Cc1nc(Cc2ccccc2)sc1C(=O)NCCSCc1cccs1. The summed E-state index contributed by atoms with van der Waals surface area (Å²) < 4.78 is 0. The Morgan fingerprint density at radius 1 is 1.20 bits per heavy atom. The van der Waals surface area contributed by atoms with Gasteiger partial charge in [0.2, 0.25) is 0 Å². The number of amides is 1. The van der Waals surface area contributed by atoms with Crippen LogP contribution in [0.3, 0.4) is 0 Å². The van der Waals surface area contributed by atoms with Crippen LogP contribution < -0.4 is 5.32 Å². The minimum atomic E-state index is -0.00830. The predicted octanol–water partition coefficient (Wildman–Crippen LogP) is 4.77. The molecule has 1 N–H and O–H groups in total. The Kier molecular flexibility index (Phi) is 6.67. The van der Waals surface area contributed by atoms with Gasteiger partial charge in [0.05, 0.1) is 10.7 Å². The summed E-state index contributed by atoms with van der Waals surface area (Å²) >= 11 is 5.11. The van der Waals surface area contributed by atoms with Crippen LogP contribution in [-0.2, 0) is 12.2 Å². The Labute approximate surface area is 160 Å². The fraction of sp³-hybridized carbons (Fsp3) is 0.263. The quantitative estimate of drug-likeness (QED) is 0.565. The van der Waals surface area contributed by atoms with Gasteiger partial charge in [-0.2, -0.15) is 11.8 Å². The van der Waals surface area contributed by atoms with E-state index < -0.39 is 0 Å². The third-order valence-electron chi connectivity index (χ3n) is 3.60. The molecular weight excluding hydrogens is 368 g/mol. The number of hydrogen-bond donors (Lipinski definition) is 1. The van der Waals surface area contributed by atoms with E-state index in [4.69, 9.17) is 0 Å². The van der Waals surface area contributed by atoms with Crippen LogP contribution in [-0.4, -0.2) is 23.2 Å². The van der Waals surface area contributed by atoms with E-state index in [1.54, 1.807) is 11.3 Å². The lowest BCUT2D eigenvalue weighted by Gasteiger charge is -2.03. The molecule has 0 bridgehead atoms. The van der Waals surface area contributed by atoms with Crippen LogP contribution in [0.15, 0.2) is 47.8 Å². The number of nitrogens with zero attached hydrogens (tertiary/aromatic N) is 1. The van der Waals surface area contributed by atoms with Crippen molar-refractivity contribution in [1.82, 2.24) is 10.3 Å². The molecule has 0 saturated heterocycles. The molecule has 0 saturated carbocycles. The van der Waals surface area contributed by atoms with Gasteiger partial charge >= 0.3 is 0 Å². The largest absolute Gasteiger partial charge is 0.350 e. The molecule has 1 aromatic carbocycles. The van der Waals surface area contributed by atoms with E-state index in [2.05, 4.69) is 39.9 Å². The third-order valence-corrected chi connectivity index (χ3v) is 6.82. The average molecular weight is 389 g/mol. The molecule has 0 atom stereocenters. The van der Waals surface area contributed by atoms with Crippen LogP contribution >= 0.6 is 34.4 Å².